The van der Waals surface area contributed by atoms with Gasteiger partial charge < -0.3 is 15.0 Å². The lowest BCUT2D eigenvalue weighted by Gasteiger charge is -2.46. The number of fused-ring (bicyclic) bond motifs is 1. The average molecular weight is 405 g/mol. The summed E-state index contributed by atoms with van der Waals surface area (Å²) in [6.07, 6.45) is 1.58. The molecule has 154 valence electrons. The predicted octanol–water partition coefficient (Wildman–Crippen LogP) is 2.42. The summed E-state index contributed by atoms with van der Waals surface area (Å²) in [4.78, 5) is 39.6. The van der Waals surface area contributed by atoms with Crippen LogP contribution >= 0.6 is 0 Å². The molecule has 7 heteroatoms. The third-order valence-electron chi connectivity index (χ3n) is 6.71. The number of ether oxygens (including phenoxy) is 1. The molecule has 2 N–H and O–H groups in total. The maximum atomic E-state index is 13.0. The first-order valence-electron chi connectivity index (χ1n) is 10.1. The van der Waals surface area contributed by atoms with Crippen LogP contribution in [0.5, 0.6) is 5.75 Å². The van der Waals surface area contributed by atoms with E-state index in [1.165, 1.54) is 5.56 Å². The molecule has 4 amide bonds. The van der Waals surface area contributed by atoms with Crippen molar-refractivity contribution in [3.8, 4) is 5.75 Å². The number of carbonyl (C=O) groups is 3. The Hall–Kier alpha value is -3.35. The van der Waals surface area contributed by atoms with E-state index in [1.807, 2.05) is 30.3 Å². The van der Waals surface area contributed by atoms with E-state index >= 15 is 0 Å². The third-order valence-corrected chi connectivity index (χ3v) is 6.71. The Labute approximate surface area is 174 Å². The van der Waals surface area contributed by atoms with Crippen LogP contribution in [0, 0.1) is 5.92 Å². The van der Waals surface area contributed by atoms with Crippen molar-refractivity contribution in [1.82, 2.24) is 15.5 Å². The summed E-state index contributed by atoms with van der Waals surface area (Å²) in [6.45, 7) is 0.574. The molecule has 30 heavy (non-hydrogen) atoms. The van der Waals surface area contributed by atoms with Gasteiger partial charge in [0.2, 0.25) is 0 Å². The Bertz CT molecular complexity index is 1030. The molecule has 1 aliphatic carbocycles. The maximum absolute atomic E-state index is 13.0. The Balaban J connectivity index is 1.38. The molecule has 2 aromatic rings. The maximum Gasteiger partial charge on any atom is 0.322 e. The zero-order valence-electron chi connectivity index (χ0n) is 16.7. The van der Waals surface area contributed by atoms with Gasteiger partial charge in [0.1, 0.15) is 11.3 Å². The Kier molecular flexibility index (Phi) is 4.27. The molecule has 2 aromatic carbocycles. The van der Waals surface area contributed by atoms with E-state index in [9.17, 15) is 14.4 Å². The van der Waals surface area contributed by atoms with Gasteiger partial charge in [-0.1, -0.05) is 36.4 Å². The number of urea groups is 1. The Morgan fingerprint density at radius 3 is 2.53 bits per heavy atom. The van der Waals surface area contributed by atoms with E-state index in [1.54, 1.807) is 18.1 Å². The van der Waals surface area contributed by atoms with Crippen LogP contribution in [-0.2, 0) is 11.3 Å². The van der Waals surface area contributed by atoms with E-state index < -0.39 is 11.6 Å². The van der Waals surface area contributed by atoms with Crippen molar-refractivity contribution in [3.63, 3.8) is 0 Å². The highest BCUT2D eigenvalue weighted by Gasteiger charge is 2.57. The number of carbonyl (C=O) groups excluding carboxylic acids is 3. The van der Waals surface area contributed by atoms with Crippen molar-refractivity contribution in [3.05, 3.63) is 65.2 Å². The number of benzene rings is 2. The molecular weight excluding hydrogens is 382 g/mol. The van der Waals surface area contributed by atoms with Gasteiger partial charge in [0.05, 0.1) is 13.7 Å². The number of nitrogens with zero attached hydrogens (tertiary/aromatic N) is 1. The van der Waals surface area contributed by atoms with Crippen LogP contribution in [0.15, 0.2) is 48.5 Å². The second kappa shape index (κ2) is 6.86. The number of rotatable bonds is 5. The number of methoxy groups -OCH3 is 1. The molecule has 0 spiro atoms. The van der Waals surface area contributed by atoms with Gasteiger partial charge in [-0.25, -0.2) is 4.79 Å². The van der Waals surface area contributed by atoms with Crippen LogP contribution in [0.4, 0.5) is 4.79 Å². The van der Waals surface area contributed by atoms with Crippen molar-refractivity contribution in [1.29, 1.82) is 0 Å². The molecule has 3 aliphatic rings. The molecular formula is C23H23N3O4. The van der Waals surface area contributed by atoms with E-state index in [-0.39, 0.29) is 24.3 Å². The Morgan fingerprint density at radius 1 is 1.10 bits per heavy atom. The van der Waals surface area contributed by atoms with Gasteiger partial charge in [-0.05, 0) is 47.9 Å². The van der Waals surface area contributed by atoms with Gasteiger partial charge in [-0.15, -0.1) is 0 Å². The fourth-order valence-corrected chi connectivity index (χ4v) is 4.95. The molecule has 2 aliphatic heterocycles. The molecule has 1 unspecified atom stereocenters. The highest BCUT2D eigenvalue weighted by atomic mass is 16.5. The van der Waals surface area contributed by atoms with Crippen molar-refractivity contribution in [2.24, 2.45) is 5.92 Å². The SMILES string of the molecule is COc1ccc2c(c1)C(=O)N(CC1(C3CC(c4ccccc4)C3)NC(=O)NC1=O)C2. The second-order valence-electron chi connectivity index (χ2n) is 8.34. The third kappa shape index (κ3) is 2.84. The summed E-state index contributed by atoms with van der Waals surface area (Å²) < 4.78 is 5.23. The minimum atomic E-state index is -1.09. The smallest absolute Gasteiger partial charge is 0.322 e. The van der Waals surface area contributed by atoms with Crippen LogP contribution in [0.2, 0.25) is 0 Å². The Morgan fingerprint density at radius 2 is 1.87 bits per heavy atom. The highest BCUT2D eigenvalue weighted by molar-refractivity contribution is 6.08. The zero-order valence-corrected chi connectivity index (χ0v) is 16.7. The largest absolute Gasteiger partial charge is 0.497 e. The van der Waals surface area contributed by atoms with Crippen LogP contribution in [0.25, 0.3) is 0 Å². The summed E-state index contributed by atoms with van der Waals surface area (Å²) >= 11 is 0. The molecule has 1 saturated heterocycles. The number of hydrogen-bond donors (Lipinski definition) is 2. The standard InChI is InChI=1S/C23H23N3O4/c1-30-18-8-7-15-12-26(20(27)19(15)11-18)13-23(21(28)24-22(29)25-23)17-9-16(10-17)14-5-3-2-4-6-14/h2-8,11,16-17H,9-10,12-13H2,1H3,(H2,24,25,28,29). The van der Waals surface area contributed by atoms with Gasteiger partial charge in [-0.2, -0.15) is 0 Å². The summed E-state index contributed by atoms with van der Waals surface area (Å²) in [5.41, 5.74) is 1.64. The first-order chi connectivity index (χ1) is 14.5. The van der Waals surface area contributed by atoms with Crippen LogP contribution in [0.3, 0.4) is 0 Å². The van der Waals surface area contributed by atoms with Crippen LogP contribution in [-0.4, -0.2) is 41.9 Å². The lowest BCUT2D eigenvalue weighted by Crippen LogP contribution is -2.62. The van der Waals surface area contributed by atoms with Gasteiger partial charge in [0.25, 0.3) is 11.8 Å². The zero-order chi connectivity index (χ0) is 20.9. The van der Waals surface area contributed by atoms with Crippen LogP contribution < -0.4 is 15.4 Å². The fourth-order valence-electron chi connectivity index (χ4n) is 4.95. The topological polar surface area (TPSA) is 87.7 Å². The van der Waals surface area contributed by atoms with Gasteiger partial charge in [0.15, 0.2) is 0 Å². The molecule has 0 radical (unpaired) electrons. The van der Waals surface area contributed by atoms with Gasteiger partial charge in [0, 0.05) is 12.1 Å². The van der Waals surface area contributed by atoms with E-state index in [4.69, 9.17) is 4.74 Å². The van der Waals surface area contributed by atoms with Crippen molar-refractivity contribution in [2.75, 3.05) is 13.7 Å². The summed E-state index contributed by atoms with van der Waals surface area (Å²) in [6, 6.07) is 15.1. The highest BCUT2D eigenvalue weighted by Crippen LogP contribution is 2.48. The lowest BCUT2D eigenvalue weighted by atomic mass is 9.62. The second-order valence-corrected chi connectivity index (χ2v) is 8.34. The van der Waals surface area contributed by atoms with Crippen molar-refractivity contribution in [2.45, 2.75) is 30.8 Å². The normalized spacial score (nSPS) is 27.4. The molecule has 7 nitrogen and oxygen atoms in total. The summed E-state index contributed by atoms with van der Waals surface area (Å²) in [5.74, 6) is 0.464. The predicted molar refractivity (Wildman–Crippen MR) is 109 cm³/mol. The van der Waals surface area contributed by atoms with Crippen molar-refractivity contribution < 1.29 is 19.1 Å². The molecule has 5 rings (SSSR count). The first kappa shape index (κ1) is 18.7. The van der Waals surface area contributed by atoms with Crippen LogP contribution in [0.1, 0.15) is 40.2 Å². The fraction of sp³-hybridized carbons (Fsp3) is 0.348. The molecule has 0 aromatic heterocycles. The molecule has 0 bridgehead atoms. The molecule has 1 saturated carbocycles. The number of nitrogens with one attached hydrogen (secondary N) is 2. The average Bonchev–Trinajstić information content (AvgIpc) is 3.17. The molecule has 2 fully saturated rings. The van der Waals surface area contributed by atoms with Gasteiger partial charge in [-0.3, -0.25) is 14.9 Å². The molecule has 1 atom stereocenters. The number of imide groups is 1. The number of amides is 4. The van der Waals surface area contributed by atoms with E-state index in [0.29, 0.717) is 23.8 Å². The quantitative estimate of drug-likeness (QED) is 0.748. The minimum Gasteiger partial charge on any atom is -0.497 e. The molecule has 2 heterocycles. The summed E-state index contributed by atoms with van der Waals surface area (Å²) in [5, 5.41) is 5.26. The summed E-state index contributed by atoms with van der Waals surface area (Å²) in [7, 11) is 1.56. The minimum absolute atomic E-state index is 0.0276. The van der Waals surface area contributed by atoms with E-state index in [0.717, 1.165) is 18.4 Å². The lowest BCUT2D eigenvalue weighted by molar-refractivity contribution is -0.128. The number of hydrogen-bond acceptors (Lipinski definition) is 4. The van der Waals surface area contributed by atoms with Gasteiger partial charge >= 0.3 is 6.03 Å². The van der Waals surface area contributed by atoms with E-state index in [2.05, 4.69) is 22.8 Å². The van der Waals surface area contributed by atoms with Crippen molar-refractivity contribution >= 4 is 17.8 Å². The first-order valence-corrected chi connectivity index (χ1v) is 10.1. The monoisotopic (exact) mass is 405 g/mol.